The maximum atomic E-state index is 13.3. The zero-order valence-electron chi connectivity index (χ0n) is 11.0. The summed E-state index contributed by atoms with van der Waals surface area (Å²) in [5, 5.41) is 8.83. The predicted molar refractivity (Wildman–Crippen MR) is 74.4 cm³/mol. The highest BCUT2D eigenvalue weighted by molar-refractivity contribution is 5.52. The first kappa shape index (κ1) is 13.1. The number of hydrogen-bond donors (Lipinski definition) is 0. The molecule has 0 aliphatic rings. The Morgan fingerprint density at radius 1 is 1.21 bits per heavy atom. The molecule has 0 unspecified atom stereocenters. The Morgan fingerprint density at radius 2 is 1.95 bits per heavy atom. The Hall–Kier alpha value is -2.34. The van der Waals surface area contributed by atoms with Gasteiger partial charge in [0.1, 0.15) is 11.9 Å². The first-order valence-corrected chi connectivity index (χ1v) is 6.07. The van der Waals surface area contributed by atoms with Gasteiger partial charge in [0.25, 0.3) is 0 Å². The molecule has 0 aromatic heterocycles. The lowest BCUT2D eigenvalue weighted by Crippen LogP contribution is -2.17. The molecule has 2 aromatic carbocycles. The molecule has 0 saturated heterocycles. The largest absolute Gasteiger partial charge is 0.370 e. The highest BCUT2D eigenvalue weighted by Crippen LogP contribution is 2.20. The first-order valence-electron chi connectivity index (χ1n) is 6.07. The van der Waals surface area contributed by atoms with Crippen LogP contribution in [0.15, 0.2) is 42.5 Å². The van der Waals surface area contributed by atoms with Gasteiger partial charge in [-0.1, -0.05) is 24.3 Å². The van der Waals surface area contributed by atoms with E-state index in [1.165, 1.54) is 11.6 Å². The van der Waals surface area contributed by atoms with Crippen molar-refractivity contribution in [3.63, 3.8) is 0 Å². The molecule has 0 spiro atoms. The van der Waals surface area contributed by atoms with Crippen LogP contribution in [-0.2, 0) is 6.54 Å². The van der Waals surface area contributed by atoms with Crippen LogP contribution in [0.2, 0.25) is 0 Å². The van der Waals surface area contributed by atoms with E-state index in [4.69, 9.17) is 5.26 Å². The molecule has 19 heavy (non-hydrogen) atoms. The third kappa shape index (κ3) is 2.92. The van der Waals surface area contributed by atoms with E-state index in [0.717, 1.165) is 11.3 Å². The van der Waals surface area contributed by atoms with Crippen LogP contribution >= 0.6 is 0 Å². The third-order valence-corrected chi connectivity index (χ3v) is 3.10. The molecule has 0 N–H and O–H groups in total. The molecule has 0 fully saturated rings. The molecule has 2 aromatic rings. The molecule has 3 heteroatoms. The van der Waals surface area contributed by atoms with Gasteiger partial charge in [0.2, 0.25) is 0 Å². The molecule has 2 nitrogen and oxygen atoms in total. The zero-order valence-corrected chi connectivity index (χ0v) is 11.0. The van der Waals surface area contributed by atoms with Crippen molar-refractivity contribution in [1.82, 2.24) is 0 Å². The minimum absolute atomic E-state index is 0.0932. The Morgan fingerprint density at radius 3 is 2.63 bits per heavy atom. The highest BCUT2D eigenvalue weighted by Gasteiger charge is 2.07. The number of nitrogens with zero attached hydrogens (tertiary/aromatic N) is 2. The van der Waals surface area contributed by atoms with Crippen LogP contribution in [0.1, 0.15) is 16.7 Å². The summed E-state index contributed by atoms with van der Waals surface area (Å²) in [4.78, 5) is 2.09. The van der Waals surface area contributed by atoms with Crippen molar-refractivity contribution in [2.24, 2.45) is 0 Å². The number of aryl methyl sites for hydroxylation is 1. The zero-order chi connectivity index (χ0) is 13.8. The van der Waals surface area contributed by atoms with Gasteiger partial charge in [-0.25, -0.2) is 4.39 Å². The van der Waals surface area contributed by atoms with Crippen molar-refractivity contribution in [3.05, 3.63) is 65.0 Å². The molecule has 0 amide bonds. The van der Waals surface area contributed by atoms with E-state index in [9.17, 15) is 4.39 Å². The van der Waals surface area contributed by atoms with Crippen LogP contribution in [0, 0.1) is 24.1 Å². The van der Waals surface area contributed by atoms with E-state index < -0.39 is 5.82 Å². The molecular formula is C16H15FN2. The smallest absolute Gasteiger partial charge is 0.140 e. The van der Waals surface area contributed by atoms with E-state index in [1.54, 1.807) is 12.1 Å². The summed E-state index contributed by atoms with van der Waals surface area (Å²) in [5.41, 5.74) is 3.33. The van der Waals surface area contributed by atoms with Crippen molar-refractivity contribution in [2.45, 2.75) is 13.5 Å². The summed E-state index contributed by atoms with van der Waals surface area (Å²) in [7, 11) is 1.98. The number of rotatable bonds is 3. The second-order valence-electron chi connectivity index (χ2n) is 4.57. The van der Waals surface area contributed by atoms with Gasteiger partial charge in [0, 0.05) is 19.3 Å². The Labute approximate surface area is 112 Å². The van der Waals surface area contributed by atoms with Crippen LogP contribution < -0.4 is 4.90 Å². The van der Waals surface area contributed by atoms with Crippen LogP contribution in [0.5, 0.6) is 0 Å². The van der Waals surface area contributed by atoms with E-state index in [-0.39, 0.29) is 5.56 Å². The lowest BCUT2D eigenvalue weighted by Gasteiger charge is -2.21. The van der Waals surface area contributed by atoms with E-state index in [2.05, 4.69) is 17.9 Å². The Bertz CT molecular complexity index is 629. The lowest BCUT2D eigenvalue weighted by molar-refractivity contribution is 0.623. The van der Waals surface area contributed by atoms with Crippen LogP contribution in [0.3, 0.4) is 0 Å². The maximum absolute atomic E-state index is 13.3. The monoisotopic (exact) mass is 254 g/mol. The second kappa shape index (κ2) is 5.53. The summed E-state index contributed by atoms with van der Waals surface area (Å²) >= 11 is 0. The fraction of sp³-hybridized carbons (Fsp3) is 0.188. The minimum Gasteiger partial charge on any atom is -0.370 e. The quantitative estimate of drug-likeness (QED) is 0.836. The van der Waals surface area contributed by atoms with Gasteiger partial charge in [-0.3, -0.25) is 0 Å². The molecule has 0 radical (unpaired) electrons. The normalized spacial score (nSPS) is 10.0. The minimum atomic E-state index is -0.468. The van der Waals surface area contributed by atoms with Crippen molar-refractivity contribution in [3.8, 4) is 6.07 Å². The van der Waals surface area contributed by atoms with Gasteiger partial charge in [-0.15, -0.1) is 0 Å². The van der Waals surface area contributed by atoms with Gasteiger partial charge in [0.15, 0.2) is 0 Å². The fourth-order valence-corrected chi connectivity index (χ4v) is 2.11. The predicted octanol–water partition coefficient (Wildman–Crippen LogP) is 3.64. The number of para-hydroxylation sites is 1. The number of benzene rings is 2. The van der Waals surface area contributed by atoms with E-state index in [1.807, 2.05) is 31.3 Å². The van der Waals surface area contributed by atoms with Gasteiger partial charge in [-0.05, 0) is 36.2 Å². The molecule has 0 aliphatic carbocycles. The summed E-state index contributed by atoms with van der Waals surface area (Å²) in [6.45, 7) is 2.69. The molecule has 2 rings (SSSR count). The highest BCUT2D eigenvalue weighted by atomic mass is 19.1. The van der Waals surface area contributed by atoms with E-state index >= 15 is 0 Å². The SMILES string of the molecule is Cc1ccccc1N(C)Cc1ccc(F)c(C#N)c1. The average molecular weight is 254 g/mol. The van der Waals surface area contributed by atoms with E-state index in [0.29, 0.717) is 6.54 Å². The summed E-state index contributed by atoms with van der Waals surface area (Å²) in [6, 6.07) is 14.6. The maximum Gasteiger partial charge on any atom is 0.140 e. The standard InChI is InChI=1S/C16H15FN2/c1-12-5-3-4-6-16(12)19(2)11-13-7-8-15(17)14(9-13)10-18/h3-9H,11H2,1-2H3. The molecule has 96 valence electrons. The van der Waals surface area contributed by atoms with Crippen molar-refractivity contribution >= 4 is 5.69 Å². The summed E-state index contributed by atoms with van der Waals surface area (Å²) < 4.78 is 13.3. The van der Waals surface area contributed by atoms with Gasteiger partial charge < -0.3 is 4.90 Å². The van der Waals surface area contributed by atoms with Crippen LogP contribution in [0.25, 0.3) is 0 Å². The number of hydrogen-bond acceptors (Lipinski definition) is 2. The molecular weight excluding hydrogens is 239 g/mol. The number of anilines is 1. The summed E-state index contributed by atoms with van der Waals surface area (Å²) in [5.74, 6) is -0.468. The van der Waals surface area contributed by atoms with Crippen molar-refractivity contribution in [2.75, 3.05) is 11.9 Å². The van der Waals surface area contributed by atoms with Crippen LogP contribution in [-0.4, -0.2) is 7.05 Å². The Balaban J connectivity index is 2.22. The second-order valence-corrected chi connectivity index (χ2v) is 4.57. The van der Waals surface area contributed by atoms with Crippen LogP contribution in [0.4, 0.5) is 10.1 Å². The van der Waals surface area contributed by atoms with Crippen molar-refractivity contribution in [1.29, 1.82) is 5.26 Å². The van der Waals surface area contributed by atoms with Gasteiger partial charge >= 0.3 is 0 Å². The molecule has 0 aliphatic heterocycles. The topological polar surface area (TPSA) is 27.0 Å². The third-order valence-electron chi connectivity index (χ3n) is 3.10. The average Bonchev–Trinajstić information content (AvgIpc) is 2.41. The van der Waals surface area contributed by atoms with Crippen molar-refractivity contribution < 1.29 is 4.39 Å². The molecule has 0 atom stereocenters. The number of halogens is 1. The lowest BCUT2D eigenvalue weighted by atomic mass is 10.1. The fourth-order valence-electron chi connectivity index (χ4n) is 2.11. The first-order chi connectivity index (χ1) is 9.11. The van der Waals surface area contributed by atoms with Gasteiger partial charge in [0.05, 0.1) is 5.56 Å². The number of nitriles is 1. The summed E-state index contributed by atoms with van der Waals surface area (Å²) in [6.07, 6.45) is 0. The Kier molecular flexibility index (Phi) is 3.82. The molecule has 0 saturated carbocycles. The van der Waals surface area contributed by atoms with Gasteiger partial charge in [-0.2, -0.15) is 5.26 Å². The molecule has 0 bridgehead atoms. The molecule has 0 heterocycles.